The van der Waals surface area contributed by atoms with Crippen molar-refractivity contribution in [2.45, 2.75) is 19.4 Å². The maximum atomic E-state index is 9.97. The number of hydrogen-bond acceptors (Lipinski definition) is 2. The first-order valence-corrected chi connectivity index (χ1v) is 5.75. The van der Waals surface area contributed by atoms with Crippen molar-refractivity contribution < 1.29 is 5.11 Å². The molecule has 0 saturated carbocycles. The molecule has 1 aliphatic rings. The van der Waals surface area contributed by atoms with Crippen LogP contribution in [0.3, 0.4) is 0 Å². The second-order valence-corrected chi connectivity index (χ2v) is 4.42. The van der Waals surface area contributed by atoms with Crippen LogP contribution in [0.4, 0.5) is 0 Å². The smallest absolute Gasteiger partial charge is 0.0916 e. The summed E-state index contributed by atoms with van der Waals surface area (Å²) in [5.41, 5.74) is 1.03. The Kier molecular flexibility index (Phi) is 3.39. The SMILES string of the molecule is CCC1CN(CC(O)c2ccccc2)C1. The van der Waals surface area contributed by atoms with Crippen LogP contribution in [0.2, 0.25) is 0 Å². The molecule has 1 saturated heterocycles. The molecule has 1 aliphatic heterocycles. The lowest BCUT2D eigenvalue weighted by molar-refractivity contribution is 0.0384. The van der Waals surface area contributed by atoms with Gasteiger partial charge in [0.25, 0.3) is 0 Å². The largest absolute Gasteiger partial charge is 0.387 e. The number of hydrogen-bond donors (Lipinski definition) is 1. The van der Waals surface area contributed by atoms with Gasteiger partial charge in [0.15, 0.2) is 0 Å². The van der Waals surface area contributed by atoms with E-state index in [4.69, 9.17) is 0 Å². The van der Waals surface area contributed by atoms with Crippen molar-refractivity contribution >= 4 is 0 Å². The molecular formula is C13H19NO. The number of β-amino-alcohol motifs (C(OH)–C–C–N with tert-alkyl or cyclic N) is 1. The Morgan fingerprint density at radius 1 is 1.33 bits per heavy atom. The van der Waals surface area contributed by atoms with E-state index in [1.54, 1.807) is 0 Å². The molecule has 0 bridgehead atoms. The highest BCUT2D eigenvalue weighted by Crippen LogP contribution is 2.22. The average Bonchev–Trinajstić information content (AvgIpc) is 2.23. The molecule has 0 spiro atoms. The Morgan fingerprint density at radius 3 is 2.60 bits per heavy atom. The molecule has 1 aromatic carbocycles. The highest BCUT2D eigenvalue weighted by molar-refractivity contribution is 5.17. The van der Waals surface area contributed by atoms with Gasteiger partial charge in [-0.2, -0.15) is 0 Å². The van der Waals surface area contributed by atoms with Crippen LogP contribution < -0.4 is 0 Å². The molecule has 2 nitrogen and oxygen atoms in total. The van der Waals surface area contributed by atoms with Gasteiger partial charge in [-0.3, -0.25) is 4.90 Å². The molecule has 1 fully saturated rings. The minimum Gasteiger partial charge on any atom is -0.387 e. The van der Waals surface area contributed by atoms with Crippen molar-refractivity contribution in [3.05, 3.63) is 35.9 Å². The summed E-state index contributed by atoms with van der Waals surface area (Å²) in [5, 5.41) is 9.97. The first-order valence-electron chi connectivity index (χ1n) is 5.75. The molecule has 0 radical (unpaired) electrons. The van der Waals surface area contributed by atoms with Crippen molar-refractivity contribution in [3.63, 3.8) is 0 Å². The predicted octanol–water partition coefficient (Wildman–Crippen LogP) is 2.06. The predicted molar refractivity (Wildman–Crippen MR) is 61.6 cm³/mol. The van der Waals surface area contributed by atoms with Crippen LogP contribution in [0, 0.1) is 5.92 Å². The van der Waals surface area contributed by atoms with Crippen LogP contribution in [0.5, 0.6) is 0 Å². The third kappa shape index (κ3) is 2.58. The molecule has 0 aromatic heterocycles. The van der Waals surface area contributed by atoms with Gasteiger partial charge in [0.05, 0.1) is 6.10 Å². The van der Waals surface area contributed by atoms with Crippen molar-refractivity contribution in [1.29, 1.82) is 0 Å². The number of nitrogens with zero attached hydrogens (tertiary/aromatic N) is 1. The second-order valence-electron chi connectivity index (χ2n) is 4.42. The lowest BCUT2D eigenvalue weighted by atomic mass is 9.96. The zero-order chi connectivity index (χ0) is 10.7. The molecule has 2 rings (SSSR count). The van der Waals surface area contributed by atoms with Crippen molar-refractivity contribution in [1.82, 2.24) is 4.90 Å². The molecule has 1 heterocycles. The van der Waals surface area contributed by atoms with Gasteiger partial charge in [-0.1, -0.05) is 43.7 Å². The zero-order valence-electron chi connectivity index (χ0n) is 9.26. The fourth-order valence-corrected chi connectivity index (χ4v) is 2.11. The van der Waals surface area contributed by atoms with Crippen molar-refractivity contribution in [2.75, 3.05) is 19.6 Å². The van der Waals surface area contributed by atoms with Gasteiger partial charge in [-0.15, -0.1) is 0 Å². The molecular weight excluding hydrogens is 186 g/mol. The average molecular weight is 205 g/mol. The van der Waals surface area contributed by atoms with Crippen LogP contribution >= 0.6 is 0 Å². The first-order chi connectivity index (χ1) is 7.29. The van der Waals surface area contributed by atoms with E-state index < -0.39 is 0 Å². The van der Waals surface area contributed by atoms with Crippen LogP contribution in [-0.4, -0.2) is 29.6 Å². The first kappa shape index (κ1) is 10.7. The summed E-state index contributed by atoms with van der Waals surface area (Å²) >= 11 is 0. The van der Waals surface area contributed by atoms with E-state index in [1.807, 2.05) is 30.3 Å². The van der Waals surface area contributed by atoms with Crippen molar-refractivity contribution in [2.24, 2.45) is 5.92 Å². The van der Waals surface area contributed by atoms with E-state index in [1.165, 1.54) is 6.42 Å². The summed E-state index contributed by atoms with van der Waals surface area (Å²) in [5.74, 6) is 0.855. The van der Waals surface area contributed by atoms with Crippen LogP contribution in [0.15, 0.2) is 30.3 Å². The monoisotopic (exact) mass is 205 g/mol. The molecule has 15 heavy (non-hydrogen) atoms. The third-order valence-electron chi connectivity index (χ3n) is 3.23. The minimum atomic E-state index is -0.330. The highest BCUT2D eigenvalue weighted by atomic mass is 16.3. The number of aliphatic hydroxyl groups excluding tert-OH is 1. The summed E-state index contributed by atoms with van der Waals surface area (Å²) in [4.78, 5) is 2.33. The molecule has 1 N–H and O–H groups in total. The van der Waals surface area contributed by atoms with Crippen LogP contribution in [0.25, 0.3) is 0 Å². The number of benzene rings is 1. The van der Waals surface area contributed by atoms with Gasteiger partial charge in [-0.25, -0.2) is 0 Å². The summed E-state index contributed by atoms with van der Waals surface area (Å²) in [6.45, 7) is 5.32. The lowest BCUT2D eigenvalue weighted by Crippen LogP contribution is -2.47. The summed E-state index contributed by atoms with van der Waals surface area (Å²) in [6, 6.07) is 9.91. The third-order valence-corrected chi connectivity index (χ3v) is 3.23. The molecule has 1 aromatic rings. The van der Waals surface area contributed by atoms with Gasteiger partial charge in [0.2, 0.25) is 0 Å². The summed E-state index contributed by atoms with van der Waals surface area (Å²) in [7, 11) is 0. The van der Waals surface area contributed by atoms with Gasteiger partial charge in [-0.05, 0) is 11.5 Å². The van der Waals surface area contributed by atoms with E-state index in [0.717, 1.165) is 31.1 Å². The normalized spacial score (nSPS) is 19.9. The van der Waals surface area contributed by atoms with E-state index in [0.29, 0.717) is 0 Å². The number of rotatable bonds is 4. The number of likely N-dealkylation sites (tertiary alicyclic amines) is 1. The van der Waals surface area contributed by atoms with Gasteiger partial charge < -0.3 is 5.11 Å². The van der Waals surface area contributed by atoms with E-state index in [-0.39, 0.29) is 6.10 Å². The Labute approximate surface area is 91.5 Å². The van der Waals surface area contributed by atoms with E-state index in [9.17, 15) is 5.11 Å². The number of aliphatic hydroxyl groups is 1. The standard InChI is InChI=1S/C13H19NO/c1-2-11-8-14(9-11)10-13(15)12-6-4-3-5-7-12/h3-7,11,13,15H,2,8-10H2,1H3. The topological polar surface area (TPSA) is 23.5 Å². The van der Waals surface area contributed by atoms with Gasteiger partial charge >= 0.3 is 0 Å². The molecule has 1 atom stereocenters. The fraction of sp³-hybridized carbons (Fsp3) is 0.538. The molecule has 0 aliphatic carbocycles. The van der Waals surface area contributed by atoms with Crippen LogP contribution in [0.1, 0.15) is 25.0 Å². The zero-order valence-corrected chi connectivity index (χ0v) is 9.26. The van der Waals surface area contributed by atoms with E-state index in [2.05, 4.69) is 11.8 Å². The fourth-order valence-electron chi connectivity index (χ4n) is 2.11. The Hall–Kier alpha value is -0.860. The van der Waals surface area contributed by atoms with Gasteiger partial charge in [0, 0.05) is 19.6 Å². The minimum absolute atomic E-state index is 0.330. The van der Waals surface area contributed by atoms with Crippen molar-refractivity contribution in [3.8, 4) is 0 Å². The summed E-state index contributed by atoms with van der Waals surface area (Å²) in [6.07, 6.45) is 0.932. The summed E-state index contributed by atoms with van der Waals surface area (Å²) < 4.78 is 0. The Bertz CT molecular complexity index is 293. The lowest BCUT2D eigenvalue weighted by Gasteiger charge is -2.39. The molecule has 82 valence electrons. The molecule has 0 amide bonds. The second kappa shape index (κ2) is 4.77. The van der Waals surface area contributed by atoms with E-state index >= 15 is 0 Å². The molecule has 1 unspecified atom stereocenters. The Morgan fingerprint density at radius 2 is 2.00 bits per heavy atom. The highest BCUT2D eigenvalue weighted by Gasteiger charge is 2.26. The Balaban J connectivity index is 1.81. The molecule has 2 heteroatoms. The maximum absolute atomic E-state index is 9.97. The van der Waals surface area contributed by atoms with Crippen LogP contribution in [-0.2, 0) is 0 Å². The van der Waals surface area contributed by atoms with Gasteiger partial charge in [0.1, 0.15) is 0 Å². The maximum Gasteiger partial charge on any atom is 0.0916 e. The quantitative estimate of drug-likeness (QED) is 0.813.